The normalized spacial score (nSPS) is 12.0. The van der Waals surface area contributed by atoms with Crippen LogP contribution < -0.4 is 10.1 Å². The minimum Gasteiger partial charge on any atom is -0.494 e. The summed E-state index contributed by atoms with van der Waals surface area (Å²) in [6.07, 6.45) is -1.37. The summed E-state index contributed by atoms with van der Waals surface area (Å²) in [5.41, 5.74) is 0.712. The van der Waals surface area contributed by atoms with Gasteiger partial charge in [-0.05, 0) is 37.5 Å². The molecule has 1 heterocycles. The molecule has 1 atom stereocenters. The number of benzene rings is 1. The summed E-state index contributed by atoms with van der Waals surface area (Å²) in [4.78, 5) is 40.4. The highest BCUT2D eigenvalue weighted by Gasteiger charge is 2.30. The van der Waals surface area contributed by atoms with Crippen molar-refractivity contribution in [3.8, 4) is 5.75 Å². The topological polar surface area (TPSA) is 129 Å². The number of aromatic nitrogens is 1. The van der Waals surface area contributed by atoms with Crippen molar-refractivity contribution in [1.29, 1.82) is 0 Å². The van der Waals surface area contributed by atoms with Crippen molar-refractivity contribution in [3.63, 3.8) is 0 Å². The Morgan fingerprint density at radius 1 is 1.28 bits per heavy atom. The Hall–Kier alpha value is -2.88. The molecule has 2 amide bonds. The van der Waals surface area contributed by atoms with E-state index < -0.39 is 24.0 Å². The van der Waals surface area contributed by atoms with E-state index in [9.17, 15) is 24.6 Å². The number of carbonyl (C=O) groups is 3. The lowest BCUT2D eigenvalue weighted by molar-refractivity contribution is -0.143. The van der Waals surface area contributed by atoms with Crippen molar-refractivity contribution >= 4 is 44.7 Å². The number of fused-ring (bicyclic) bond motifs is 1. The van der Waals surface area contributed by atoms with E-state index in [4.69, 9.17) is 4.74 Å². The van der Waals surface area contributed by atoms with Crippen LogP contribution in [0.2, 0.25) is 0 Å². The summed E-state index contributed by atoms with van der Waals surface area (Å²) in [5, 5.41) is 21.8. The van der Waals surface area contributed by atoms with Crippen LogP contribution in [0.3, 0.4) is 0 Å². The van der Waals surface area contributed by atoms with Gasteiger partial charge in [-0.25, -0.2) is 14.6 Å². The van der Waals surface area contributed by atoms with E-state index in [0.29, 0.717) is 23.0 Å². The van der Waals surface area contributed by atoms with Gasteiger partial charge in [0.15, 0.2) is 5.13 Å². The second-order valence-electron chi connectivity index (χ2n) is 6.84. The van der Waals surface area contributed by atoms with Crippen LogP contribution in [0.5, 0.6) is 5.75 Å². The maximum Gasteiger partial charge on any atom is 0.408 e. The third kappa shape index (κ3) is 6.31. The standard InChI is InChI=1S/C19H25N3O6S/c1-4-28-12-5-6-13-15(10-12)29-18(20-13)21-16(23)7-8-22(19(26)27)14(17(24)25)9-11(2)3/h5-6,10-11,14H,4,7-9H2,1-3H3,(H,24,25)(H,26,27)(H,20,21,23). The van der Waals surface area contributed by atoms with E-state index in [-0.39, 0.29) is 25.3 Å². The molecule has 3 N–H and O–H groups in total. The summed E-state index contributed by atoms with van der Waals surface area (Å²) in [6, 6.07) is 4.23. The van der Waals surface area contributed by atoms with Gasteiger partial charge in [-0.1, -0.05) is 25.2 Å². The predicted molar refractivity (Wildman–Crippen MR) is 110 cm³/mol. The molecule has 10 heteroatoms. The lowest BCUT2D eigenvalue weighted by atomic mass is 10.0. The highest BCUT2D eigenvalue weighted by atomic mass is 32.1. The van der Waals surface area contributed by atoms with Crippen molar-refractivity contribution in [3.05, 3.63) is 18.2 Å². The zero-order chi connectivity index (χ0) is 21.6. The van der Waals surface area contributed by atoms with Crippen LogP contribution in [0.25, 0.3) is 10.2 Å². The number of carbonyl (C=O) groups excluding carboxylic acids is 1. The quantitative estimate of drug-likeness (QED) is 0.533. The Morgan fingerprint density at radius 2 is 2.00 bits per heavy atom. The number of thiazole rings is 1. The molecular weight excluding hydrogens is 398 g/mol. The van der Waals surface area contributed by atoms with Gasteiger partial charge in [0.2, 0.25) is 5.91 Å². The van der Waals surface area contributed by atoms with E-state index >= 15 is 0 Å². The number of hydrogen-bond acceptors (Lipinski definition) is 6. The molecule has 0 aliphatic carbocycles. The van der Waals surface area contributed by atoms with Gasteiger partial charge in [-0.15, -0.1) is 0 Å². The summed E-state index contributed by atoms with van der Waals surface area (Å²) in [6.45, 7) is 5.84. The Balaban J connectivity index is 2.02. The van der Waals surface area contributed by atoms with Gasteiger partial charge in [-0.2, -0.15) is 0 Å². The number of carboxylic acids is 1. The molecule has 0 aliphatic rings. The Labute approximate surface area is 172 Å². The molecular formula is C19H25N3O6S. The predicted octanol–water partition coefficient (Wildman–Crippen LogP) is 3.50. The minimum absolute atomic E-state index is 0.00361. The van der Waals surface area contributed by atoms with Crippen molar-refractivity contribution in [2.24, 2.45) is 5.92 Å². The summed E-state index contributed by atoms with van der Waals surface area (Å²) in [7, 11) is 0. The second kappa shape index (κ2) is 10.1. The molecule has 29 heavy (non-hydrogen) atoms. The average Bonchev–Trinajstić information content (AvgIpc) is 3.01. The Kier molecular flexibility index (Phi) is 7.77. The van der Waals surface area contributed by atoms with Gasteiger partial charge in [-0.3, -0.25) is 9.69 Å². The highest BCUT2D eigenvalue weighted by Crippen LogP contribution is 2.29. The second-order valence-corrected chi connectivity index (χ2v) is 7.87. The largest absolute Gasteiger partial charge is 0.494 e. The van der Waals surface area contributed by atoms with Gasteiger partial charge < -0.3 is 20.3 Å². The number of hydrogen-bond donors (Lipinski definition) is 3. The Morgan fingerprint density at radius 3 is 2.59 bits per heavy atom. The summed E-state index contributed by atoms with van der Waals surface area (Å²) in [5.74, 6) is -0.952. The van der Waals surface area contributed by atoms with Crippen LogP contribution in [0, 0.1) is 5.92 Å². The van der Waals surface area contributed by atoms with Crippen LogP contribution in [0.1, 0.15) is 33.6 Å². The van der Waals surface area contributed by atoms with Gasteiger partial charge in [0.1, 0.15) is 11.8 Å². The lowest BCUT2D eigenvalue weighted by Gasteiger charge is -2.27. The van der Waals surface area contributed by atoms with Crippen molar-refractivity contribution in [1.82, 2.24) is 9.88 Å². The molecule has 2 rings (SSSR count). The van der Waals surface area contributed by atoms with Crippen LogP contribution in [-0.4, -0.2) is 57.3 Å². The molecule has 0 spiro atoms. The molecule has 158 valence electrons. The zero-order valence-electron chi connectivity index (χ0n) is 16.5. The SMILES string of the molecule is CCOc1ccc2nc(NC(=O)CCN(C(=O)O)C(CC(C)C)C(=O)O)sc2c1. The smallest absolute Gasteiger partial charge is 0.408 e. The molecule has 0 aliphatic heterocycles. The highest BCUT2D eigenvalue weighted by molar-refractivity contribution is 7.22. The van der Waals surface area contributed by atoms with Gasteiger partial charge in [0.25, 0.3) is 0 Å². The lowest BCUT2D eigenvalue weighted by Crippen LogP contribution is -2.46. The zero-order valence-corrected chi connectivity index (χ0v) is 17.4. The van der Waals surface area contributed by atoms with Crippen molar-refractivity contribution in [2.75, 3.05) is 18.5 Å². The van der Waals surface area contributed by atoms with Gasteiger partial charge in [0.05, 0.1) is 16.8 Å². The molecule has 0 saturated heterocycles. The first-order chi connectivity index (χ1) is 13.7. The minimum atomic E-state index is -1.37. The maximum absolute atomic E-state index is 12.3. The number of anilines is 1. The van der Waals surface area contributed by atoms with E-state index in [1.807, 2.05) is 26.8 Å². The molecule has 0 saturated carbocycles. The fourth-order valence-corrected chi connectivity index (χ4v) is 3.72. The molecule has 0 bridgehead atoms. The monoisotopic (exact) mass is 423 g/mol. The third-order valence-corrected chi connectivity index (χ3v) is 5.03. The molecule has 1 unspecified atom stereocenters. The van der Waals surface area contributed by atoms with Crippen molar-refractivity contribution < 1.29 is 29.3 Å². The van der Waals surface area contributed by atoms with Crippen LogP contribution in [-0.2, 0) is 9.59 Å². The first kappa shape index (κ1) is 22.4. The fourth-order valence-electron chi connectivity index (χ4n) is 2.81. The number of nitrogens with one attached hydrogen (secondary N) is 1. The molecule has 9 nitrogen and oxygen atoms in total. The maximum atomic E-state index is 12.3. The van der Waals surface area contributed by atoms with E-state index in [0.717, 1.165) is 9.60 Å². The fraction of sp³-hybridized carbons (Fsp3) is 0.474. The summed E-state index contributed by atoms with van der Waals surface area (Å²) >= 11 is 1.28. The summed E-state index contributed by atoms with van der Waals surface area (Å²) < 4.78 is 6.29. The number of carboxylic acid groups (broad SMARTS) is 2. The first-order valence-corrected chi connectivity index (χ1v) is 10.1. The number of nitrogens with zero attached hydrogens (tertiary/aromatic N) is 2. The number of rotatable bonds is 10. The van der Waals surface area contributed by atoms with Gasteiger partial charge in [0, 0.05) is 13.0 Å². The van der Waals surface area contributed by atoms with E-state index in [1.165, 1.54) is 11.3 Å². The number of amides is 2. The molecule has 1 aromatic carbocycles. The van der Waals surface area contributed by atoms with E-state index in [1.54, 1.807) is 12.1 Å². The third-order valence-electron chi connectivity index (χ3n) is 4.10. The molecule has 0 radical (unpaired) electrons. The number of aliphatic carboxylic acids is 1. The molecule has 1 aromatic heterocycles. The molecule has 2 aromatic rings. The van der Waals surface area contributed by atoms with Crippen LogP contribution in [0.4, 0.5) is 9.93 Å². The van der Waals surface area contributed by atoms with Crippen LogP contribution in [0.15, 0.2) is 18.2 Å². The van der Waals surface area contributed by atoms with E-state index in [2.05, 4.69) is 10.3 Å². The van der Waals surface area contributed by atoms with Crippen LogP contribution >= 0.6 is 11.3 Å². The molecule has 0 fully saturated rings. The Bertz CT molecular complexity index is 882. The van der Waals surface area contributed by atoms with Crippen molar-refractivity contribution in [2.45, 2.75) is 39.7 Å². The average molecular weight is 423 g/mol. The first-order valence-electron chi connectivity index (χ1n) is 9.26. The number of ether oxygens (including phenoxy) is 1. The van der Waals surface area contributed by atoms with Gasteiger partial charge >= 0.3 is 12.1 Å².